The lowest BCUT2D eigenvalue weighted by atomic mass is 10.0. The van der Waals surface area contributed by atoms with E-state index in [4.69, 9.17) is 4.74 Å². The van der Waals surface area contributed by atoms with Crippen molar-refractivity contribution < 1.29 is 29.6 Å². The molecule has 1 atom stereocenters. The van der Waals surface area contributed by atoms with E-state index < -0.39 is 18.0 Å². The number of carboxylic acid groups (broad SMARTS) is 1. The second-order valence-electron chi connectivity index (χ2n) is 5.50. The summed E-state index contributed by atoms with van der Waals surface area (Å²) in [5, 5.41) is 31.1. The van der Waals surface area contributed by atoms with Crippen molar-refractivity contribution in [3.63, 3.8) is 0 Å². The van der Waals surface area contributed by atoms with Gasteiger partial charge in [0.05, 0.1) is 0 Å². The number of aromatic hydroxyl groups is 2. The van der Waals surface area contributed by atoms with Crippen molar-refractivity contribution in [2.45, 2.75) is 25.9 Å². The van der Waals surface area contributed by atoms with Gasteiger partial charge >= 0.3 is 11.9 Å². The smallest absolute Gasteiger partial charge is 0.321 e. The highest BCUT2D eigenvalue weighted by Gasteiger charge is 2.19. The van der Waals surface area contributed by atoms with Crippen LogP contribution in [0.15, 0.2) is 42.5 Å². The monoisotopic (exact) mass is 345 g/mol. The quantitative estimate of drug-likeness (QED) is 0.343. The Balaban J connectivity index is 2.08. The molecule has 4 N–H and O–H groups in total. The van der Waals surface area contributed by atoms with E-state index in [2.05, 4.69) is 5.32 Å². The maximum Gasteiger partial charge on any atom is 0.321 e. The van der Waals surface area contributed by atoms with Crippen molar-refractivity contribution in [1.82, 2.24) is 5.32 Å². The molecule has 7 nitrogen and oxygen atoms in total. The third-order valence-corrected chi connectivity index (χ3v) is 3.54. The van der Waals surface area contributed by atoms with Gasteiger partial charge in [-0.2, -0.15) is 0 Å². The van der Waals surface area contributed by atoms with Gasteiger partial charge in [-0.25, -0.2) is 0 Å². The molecule has 0 saturated heterocycles. The summed E-state index contributed by atoms with van der Waals surface area (Å²) >= 11 is 0. The average Bonchev–Trinajstić information content (AvgIpc) is 2.55. The molecule has 0 spiro atoms. The Morgan fingerprint density at radius 3 is 2.48 bits per heavy atom. The van der Waals surface area contributed by atoms with E-state index in [1.54, 1.807) is 30.3 Å². The number of phenolic OH excluding ortho intramolecular Hbond substituents is 2. The number of esters is 1. The molecule has 0 amide bonds. The van der Waals surface area contributed by atoms with Crippen molar-refractivity contribution in [3.8, 4) is 17.2 Å². The van der Waals surface area contributed by atoms with Gasteiger partial charge in [0.25, 0.3) is 0 Å². The first-order valence-corrected chi connectivity index (χ1v) is 7.60. The molecule has 0 fully saturated rings. The highest BCUT2D eigenvalue weighted by Crippen LogP contribution is 2.25. The van der Waals surface area contributed by atoms with Crippen molar-refractivity contribution >= 4 is 11.9 Å². The highest BCUT2D eigenvalue weighted by atomic mass is 16.5. The normalized spacial score (nSPS) is 11.7. The Bertz CT molecular complexity index is 774. The fourth-order valence-electron chi connectivity index (χ4n) is 2.32. The molecule has 0 saturated carbocycles. The van der Waals surface area contributed by atoms with Crippen LogP contribution in [0, 0.1) is 0 Å². The number of aliphatic carboxylic acids is 1. The Morgan fingerprint density at radius 1 is 1.12 bits per heavy atom. The van der Waals surface area contributed by atoms with Gasteiger partial charge in [0.1, 0.15) is 11.8 Å². The molecule has 2 aromatic carbocycles. The first kappa shape index (κ1) is 18.3. The first-order valence-electron chi connectivity index (χ1n) is 7.60. The molecule has 0 heterocycles. The van der Waals surface area contributed by atoms with Gasteiger partial charge in [-0.3, -0.25) is 14.9 Å². The number of ether oxygens (including phenoxy) is 1. The number of carbonyl (C=O) groups excluding carboxylic acids is 1. The third kappa shape index (κ3) is 5.22. The Labute approximate surface area is 144 Å². The number of carbonyl (C=O) groups is 2. The van der Waals surface area contributed by atoms with Crippen molar-refractivity contribution in [2.75, 3.05) is 0 Å². The Hall–Kier alpha value is -3.06. The van der Waals surface area contributed by atoms with E-state index in [-0.39, 0.29) is 24.5 Å². The van der Waals surface area contributed by atoms with Crippen molar-refractivity contribution in [1.29, 1.82) is 0 Å². The minimum absolute atomic E-state index is 0.110. The minimum Gasteiger partial charge on any atom is -0.504 e. The predicted molar refractivity (Wildman–Crippen MR) is 89.5 cm³/mol. The van der Waals surface area contributed by atoms with Gasteiger partial charge in [0, 0.05) is 19.0 Å². The number of benzene rings is 2. The van der Waals surface area contributed by atoms with Crippen LogP contribution < -0.4 is 10.1 Å². The number of nitrogens with one attached hydrogen (secondary N) is 1. The molecule has 0 radical (unpaired) electrons. The van der Waals surface area contributed by atoms with Crippen LogP contribution in [0.25, 0.3) is 0 Å². The van der Waals surface area contributed by atoms with Gasteiger partial charge in [0.15, 0.2) is 11.5 Å². The molecule has 0 unspecified atom stereocenters. The fourth-order valence-corrected chi connectivity index (χ4v) is 2.32. The zero-order valence-electron chi connectivity index (χ0n) is 13.6. The molecule has 2 rings (SSSR count). The largest absolute Gasteiger partial charge is 0.504 e. The number of para-hydroxylation sites is 1. The maximum atomic E-state index is 11.5. The molecule has 0 bridgehead atoms. The zero-order valence-corrected chi connectivity index (χ0v) is 13.6. The summed E-state index contributed by atoms with van der Waals surface area (Å²) in [5.74, 6) is -1.71. The summed E-state index contributed by atoms with van der Waals surface area (Å²) in [5.41, 5.74) is 1.21. The number of carboxylic acids is 1. The SMILES string of the molecule is CC(=O)Oc1ccccc1CN[C@@H](Cc1ccc(O)c(O)c1)C(=O)O. The molecule has 2 aromatic rings. The van der Waals surface area contributed by atoms with E-state index in [1.807, 2.05) is 0 Å². The second-order valence-corrected chi connectivity index (χ2v) is 5.50. The standard InChI is InChI=1S/C18H19NO6/c1-11(20)25-17-5-3-2-4-13(17)10-19-14(18(23)24)8-12-6-7-15(21)16(22)9-12/h2-7,9,14,19,21-22H,8,10H2,1H3,(H,23,24)/t14-/m0/s1. The summed E-state index contributed by atoms with van der Waals surface area (Å²) in [6, 6.07) is 10.1. The van der Waals surface area contributed by atoms with Gasteiger partial charge in [-0.1, -0.05) is 24.3 Å². The summed E-state index contributed by atoms with van der Waals surface area (Å²) in [6.45, 7) is 1.48. The minimum atomic E-state index is -1.06. The molecule has 0 aromatic heterocycles. The zero-order chi connectivity index (χ0) is 18.4. The van der Waals surface area contributed by atoms with Crippen LogP contribution in [0.5, 0.6) is 17.2 Å². The Kier molecular flexibility index (Phi) is 5.97. The number of hydrogen-bond acceptors (Lipinski definition) is 6. The molecular weight excluding hydrogens is 326 g/mol. The van der Waals surface area contributed by atoms with Crippen LogP contribution in [0.1, 0.15) is 18.1 Å². The Morgan fingerprint density at radius 2 is 1.84 bits per heavy atom. The van der Waals surface area contributed by atoms with Gasteiger partial charge in [-0.15, -0.1) is 0 Å². The molecule has 7 heteroatoms. The molecule has 0 aliphatic carbocycles. The number of rotatable bonds is 7. The van der Waals surface area contributed by atoms with Crippen LogP contribution in [0.2, 0.25) is 0 Å². The van der Waals surface area contributed by atoms with Crippen molar-refractivity contribution in [3.05, 3.63) is 53.6 Å². The fraction of sp³-hybridized carbons (Fsp3) is 0.222. The van der Waals surface area contributed by atoms with Crippen LogP contribution in [0.4, 0.5) is 0 Å². The molecule has 0 aliphatic rings. The second kappa shape index (κ2) is 8.16. The van der Waals surface area contributed by atoms with Crippen molar-refractivity contribution in [2.24, 2.45) is 0 Å². The molecular formula is C18H19NO6. The van der Waals surface area contributed by atoms with E-state index in [9.17, 15) is 24.9 Å². The highest BCUT2D eigenvalue weighted by molar-refractivity contribution is 5.74. The summed E-state index contributed by atoms with van der Waals surface area (Å²) in [6.07, 6.45) is 0.110. The van der Waals surface area contributed by atoms with E-state index in [0.717, 1.165) is 0 Å². The lowest BCUT2D eigenvalue weighted by Gasteiger charge is -2.16. The summed E-state index contributed by atoms with van der Waals surface area (Å²) in [7, 11) is 0. The number of hydrogen-bond donors (Lipinski definition) is 4. The van der Waals surface area contributed by atoms with E-state index >= 15 is 0 Å². The lowest BCUT2D eigenvalue weighted by Crippen LogP contribution is -2.38. The van der Waals surface area contributed by atoms with Crippen LogP contribution >= 0.6 is 0 Å². The predicted octanol–water partition coefficient (Wildman–Crippen LogP) is 1.81. The average molecular weight is 345 g/mol. The lowest BCUT2D eigenvalue weighted by molar-refractivity contribution is -0.139. The van der Waals surface area contributed by atoms with Gasteiger partial charge < -0.3 is 20.1 Å². The maximum absolute atomic E-state index is 11.5. The topological polar surface area (TPSA) is 116 Å². The molecule has 0 aliphatic heterocycles. The van der Waals surface area contributed by atoms with Crippen LogP contribution in [-0.2, 0) is 22.6 Å². The number of phenols is 2. The van der Waals surface area contributed by atoms with Gasteiger partial charge in [0.2, 0.25) is 0 Å². The van der Waals surface area contributed by atoms with Crippen LogP contribution in [-0.4, -0.2) is 33.3 Å². The summed E-state index contributed by atoms with van der Waals surface area (Å²) < 4.78 is 5.10. The van der Waals surface area contributed by atoms with Crippen LogP contribution in [0.3, 0.4) is 0 Å². The molecule has 132 valence electrons. The van der Waals surface area contributed by atoms with E-state index in [1.165, 1.54) is 19.1 Å². The third-order valence-electron chi connectivity index (χ3n) is 3.54. The first-order chi connectivity index (χ1) is 11.9. The van der Waals surface area contributed by atoms with E-state index in [0.29, 0.717) is 16.9 Å². The molecule has 25 heavy (non-hydrogen) atoms. The van der Waals surface area contributed by atoms with Gasteiger partial charge in [-0.05, 0) is 30.2 Å². The summed E-state index contributed by atoms with van der Waals surface area (Å²) in [4.78, 5) is 22.6.